The fourth-order valence-electron chi connectivity index (χ4n) is 2.50. The number of anilines is 1. The smallest absolute Gasteiger partial charge is 0.348 e. The molecule has 9 heteroatoms. The molecule has 0 fully saturated rings. The van der Waals surface area contributed by atoms with E-state index in [1.165, 1.54) is 12.1 Å². The van der Waals surface area contributed by atoms with Crippen LogP contribution in [0, 0.1) is 5.92 Å². The standard InChI is InChI=1S/C18H21F3N4O2/c1-10(2)15(11-5-7-12(8-6-11)18(19,20)21)24-16(27)13-9-14(26)23-17(22-13)25(3)4/h5-10,15H,1-4H3,(H,24,27)(H,22,23,26)/t15-/m1/s1. The summed E-state index contributed by atoms with van der Waals surface area (Å²) in [4.78, 5) is 32.4. The molecule has 0 aliphatic rings. The second kappa shape index (κ2) is 7.81. The average Bonchev–Trinajstić information content (AvgIpc) is 2.58. The Morgan fingerprint density at radius 3 is 2.26 bits per heavy atom. The van der Waals surface area contributed by atoms with Gasteiger partial charge in [-0.15, -0.1) is 0 Å². The van der Waals surface area contributed by atoms with Gasteiger partial charge in [0.05, 0.1) is 11.6 Å². The Bertz CT molecular complexity index is 858. The van der Waals surface area contributed by atoms with Crippen LogP contribution in [0.15, 0.2) is 35.1 Å². The summed E-state index contributed by atoms with van der Waals surface area (Å²) in [7, 11) is 3.33. The van der Waals surface area contributed by atoms with Gasteiger partial charge in [0.15, 0.2) is 0 Å². The zero-order valence-corrected chi connectivity index (χ0v) is 15.4. The lowest BCUT2D eigenvalue weighted by atomic mass is 9.95. The van der Waals surface area contributed by atoms with E-state index in [0.29, 0.717) is 5.56 Å². The molecule has 1 aromatic heterocycles. The van der Waals surface area contributed by atoms with E-state index in [9.17, 15) is 22.8 Å². The van der Waals surface area contributed by atoms with Crippen molar-refractivity contribution < 1.29 is 18.0 Å². The molecule has 1 heterocycles. The fraction of sp³-hybridized carbons (Fsp3) is 0.389. The maximum atomic E-state index is 12.7. The molecule has 0 saturated heterocycles. The van der Waals surface area contributed by atoms with Gasteiger partial charge in [0.1, 0.15) is 5.69 Å². The topological polar surface area (TPSA) is 78.1 Å². The number of carbonyl (C=O) groups is 1. The number of aromatic nitrogens is 2. The normalized spacial score (nSPS) is 12.7. The molecule has 0 radical (unpaired) electrons. The molecule has 2 N–H and O–H groups in total. The van der Waals surface area contributed by atoms with E-state index >= 15 is 0 Å². The molecule has 0 aliphatic heterocycles. The Morgan fingerprint density at radius 1 is 1.19 bits per heavy atom. The molecule has 1 amide bonds. The van der Waals surface area contributed by atoms with Crippen LogP contribution in [-0.4, -0.2) is 30.0 Å². The Kier molecular flexibility index (Phi) is 5.92. The van der Waals surface area contributed by atoms with E-state index < -0.39 is 29.2 Å². The number of amides is 1. The largest absolute Gasteiger partial charge is 0.416 e. The van der Waals surface area contributed by atoms with Gasteiger partial charge >= 0.3 is 6.18 Å². The first-order valence-corrected chi connectivity index (χ1v) is 8.25. The first kappa shape index (κ1) is 20.5. The molecule has 0 aliphatic carbocycles. The van der Waals surface area contributed by atoms with Gasteiger partial charge in [0, 0.05) is 20.2 Å². The van der Waals surface area contributed by atoms with E-state index in [4.69, 9.17) is 0 Å². The number of hydrogen-bond donors (Lipinski definition) is 2. The van der Waals surface area contributed by atoms with Crippen molar-refractivity contribution in [2.75, 3.05) is 19.0 Å². The van der Waals surface area contributed by atoms with Crippen LogP contribution in [0.5, 0.6) is 0 Å². The minimum absolute atomic E-state index is 0.0694. The quantitative estimate of drug-likeness (QED) is 0.833. The van der Waals surface area contributed by atoms with Crippen molar-refractivity contribution in [1.29, 1.82) is 0 Å². The lowest BCUT2D eigenvalue weighted by Gasteiger charge is -2.23. The molecule has 0 spiro atoms. The summed E-state index contributed by atoms with van der Waals surface area (Å²) >= 11 is 0. The summed E-state index contributed by atoms with van der Waals surface area (Å²) in [5, 5.41) is 2.75. The molecule has 2 rings (SSSR count). The molecule has 6 nitrogen and oxygen atoms in total. The van der Waals surface area contributed by atoms with E-state index in [2.05, 4.69) is 15.3 Å². The van der Waals surface area contributed by atoms with E-state index in [-0.39, 0.29) is 17.6 Å². The highest BCUT2D eigenvalue weighted by molar-refractivity contribution is 5.92. The van der Waals surface area contributed by atoms with Crippen LogP contribution in [0.1, 0.15) is 41.5 Å². The predicted octanol–water partition coefficient (Wildman–Crippen LogP) is 2.98. The van der Waals surface area contributed by atoms with Crippen LogP contribution in [0.25, 0.3) is 0 Å². The van der Waals surface area contributed by atoms with Crippen LogP contribution in [-0.2, 0) is 6.18 Å². The lowest BCUT2D eigenvalue weighted by molar-refractivity contribution is -0.137. The zero-order valence-electron chi connectivity index (χ0n) is 15.4. The molecule has 27 heavy (non-hydrogen) atoms. The maximum absolute atomic E-state index is 12.7. The first-order valence-electron chi connectivity index (χ1n) is 8.25. The van der Waals surface area contributed by atoms with Gasteiger partial charge in [-0.1, -0.05) is 26.0 Å². The van der Waals surface area contributed by atoms with Gasteiger partial charge in [-0.2, -0.15) is 13.2 Å². The maximum Gasteiger partial charge on any atom is 0.416 e. The number of benzene rings is 1. The van der Waals surface area contributed by atoms with Crippen LogP contribution in [0.3, 0.4) is 0 Å². The summed E-state index contributed by atoms with van der Waals surface area (Å²) in [5.41, 5.74) is -0.773. The van der Waals surface area contributed by atoms with Crippen molar-refractivity contribution in [2.45, 2.75) is 26.1 Å². The van der Waals surface area contributed by atoms with Gasteiger partial charge in [0.2, 0.25) is 5.95 Å². The summed E-state index contributed by atoms with van der Waals surface area (Å²) in [5.74, 6) is -0.452. The first-order chi connectivity index (χ1) is 12.5. The second-order valence-electron chi connectivity index (χ2n) is 6.66. The minimum atomic E-state index is -4.42. The van der Waals surface area contributed by atoms with Gasteiger partial charge in [-0.3, -0.25) is 14.6 Å². The highest BCUT2D eigenvalue weighted by atomic mass is 19.4. The molecular formula is C18H21F3N4O2. The number of carbonyl (C=O) groups excluding carboxylic acids is 1. The van der Waals surface area contributed by atoms with Crippen LogP contribution < -0.4 is 15.8 Å². The van der Waals surface area contributed by atoms with Crippen molar-refractivity contribution in [3.63, 3.8) is 0 Å². The molecule has 0 bridgehead atoms. The van der Waals surface area contributed by atoms with E-state index in [1.54, 1.807) is 19.0 Å². The summed E-state index contributed by atoms with van der Waals surface area (Å²) < 4.78 is 38.2. The van der Waals surface area contributed by atoms with Crippen LogP contribution in [0.2, 0.25) is 0 Å². The second-order valence-corrected chi connectivity index (χ2v) is 6.66. The SMILES string of the molecule is CC(C)[C@@H](NC(=O)c1cc(=O)[nH]c(N(C)C)n1)c1ccc(C(F)(F)F)cc1. The van der Waals surface area contributed by atoms with Crippen LogP contribution in [0.4, 0.5) is 19.1 Å². The molecular weight excluding hydrogens is 361 g/mol. The average molecular weight is 382 g/mol. The predicted molar refractivity (Wildman–Crippen MR) is 95.7 cm³/mol. The summed E-state index contributed by atoms with van der Waals surface area (Å²) in [6.45, 7) is 3.66. The highest BCUT2D eigenvalue weighted by Crippen LogP contribution is 2.31. The van der Waals surface area contributed by atoms with Crippen molar-refractivity contribution >= 4 is 11.9 Å². The molecule has 1 atom stereocenters. The molecule has 1 aromatic carbocycles. The number of rotatable bonds is 5. The lowest BCUT2D eigenvalue weighted by Crippen LogP contribution is -2.33. The number of hydrogen-bond acceptors (Lipinski definition) is 4. The molecule has 0 saturated carbocycles. The Labute approximate surface area is 154 Å². The highest BCUT2D eigenvalue weighted by Gasteiger charge is 2.30. The van der Waals surface area contributed by atoms with Gasteiger partial charge in [-0.05, 0) is 23.6 Å². The minimum Gasteiger partial charge on any atom is -0.348 e. The van der Waals surface area contributed by atoms with Crippen molar-refractivity contribution in [3.05, 3.63) is 57.5 Å². The fourth-order valence-corrected chi connectivity index (χ4v) is 2.50. The molecule has 2 aromatic rings. The van der Waals surface area contributed by atoms with Crippen molar-refractivity contribution in [1.82, 2.24) is 15.3 Å². The Hall–Kier alpha value is -2.84. The Balaban J connectivity index is 2.29. The Morgan fingerprint density at radius 2 is 1.78 bits per heavy atom. The van der Waals surface area contributed by atoms with Gasteiger partial charge in [0.25, 0.3) is 11.5 Å². The third-order valence-corrected chi connectivity index (χ3v) is 3.94. The molecule has 0 unspecified atom stereocenters. The summed E-state index contributed by atoms with van der Waals surface area (Å²) in [6, 6.07) is 5.17. The monoisotopic (exact) mass is 382 g/mol. The van der Waals surface area contributed by atoms with Crippen molar-refractivity contribution in [2.24, 2.45) is 5.92 Å². The van der Waals surface area contributed by atoms with Crippen LogP contribution >= 0.6 is 0 Å². The number of nitrogens with zero attached hydrogens (tertiary/aromatic N) is 2. The van der Waals surface area contributed by atoms with Crippen molar-refractivity contribution in [3.8, 4) is 0 Å². The zero-order chi connectivity index (χ0) is 20.4. The number of nitrogens with one attached hydrogen (secondary N) is 2. The summed E-state index contributed by atoms with van der Waals surface area (Å²) in [6.07, 6.45) is -4.42. The number of alkyl halides is 3. The molecule has 146 valence electrons. The van der Waals surface area contributed by atoms with E-state index in [0.717, 1.165) is 18.2 Å². The third kappa shape index (κ3) is 5.08. The third-order valence-electron chi connectivity index (χ3n) is 3.94. The number of H-pyrrole nitrogens is 1. The number of halogens is 3. The van der Waals surface area contributed by atoms with E-state index in [1.807, 2.05) is 13.8 Å². The van der Waals surface area contributed by atoms with Gasteiger partial charge in [-0.25, -0.2) is 4.98 Å². The number of aromatic amines is 1. The van der Waals surface area contributed by atoms with Gasteiger partial charge < -0.3 is 10.2 Å².